The van der Waals surface area contributed by atoms with Crippen molar-refractivity contribution in [2.75, 3.05) is 0 Å². The van der Waals surface area contributed by atoms with Crippen molar-refractivity contribution < 1.29 is 4.42 Å². The molecule has 3 rings (SSSR count). The summed E-state index contributed by atoms with van der Waals surface area (Å²) in [5, 5.41) is 8.46. The summed E-state index contributed by atoms with van der Waals surface area (Å²) in [4.78, 5) is 4.13. The highest BCUT2D eigenvalue weighted by molar-refractivity contribution is 6.33. The minimum atomic E-state index is 0.198. The average Bonchev–Trinajstić information content (AvgIpc) is 2.96. The summed E-state index contributed by atoms with van der Waals surface area (Å²) in [6.07, 6.45) is 1.60. The zero-order valence-corrected chi connectivity index (χ0v) is 11.2. The van der Waals surface area contributed by atoms with Gasteiger partial charge in [-0.05, 0) is 18.2 Å². The van der Waals surface area contributed by atoms with Crippen LogP contribution in [0.2, 0.25) is 5.02 Å². The van der Waals surface area contributed by atoms with Gasteiger partial charge in [-0.3, -0.25) is 0 Å². The number of nitrogens with zero attached hydrogens (tertiary/aromatic N) is 3. The predicted molar refractivity (Wildman–Crippen MR) is 78.4 cm³/mol. The second kappa shape index (κ2) is 5.67. The maximum Gasteiger partial charge on any atom is 0.342 e. The van der Waals surface area contributed by atoms with Crippen LogP contribution in [0.5, 0.6) is 0 Å². The molecule has 1 heterocycles. The third kappa shape index (κ3) is 2.75. The largest absolute Gasteiger partial charge is 0.402 e. The van der Waals surface area contributed by atoms with Gasteiger partial charge in [-0.1, -0.05) is 53.1 Å². The Bertz CT molecular complexity index is 738. The van der Waals surface area contributed by atoms with E-state index < -0.39 is 0 Å². The third-order valence-corrected chi connectivity index (χ3v) is 3.00. The van der Waals surface area contributed by atoms with Crippen molar-refractivity contribution in [2.24, 2.45) is 4.99 Å². The molecule has 0 aliphatic carbocycles. The molecule has 0 saturated carbocycles. The van der Waals surface area contributed by atoms with E-state index in [0.717, 1.165) is 11.1 Å². The van der Waals surface area contributed by atoms with Crippen LogP contribution < -0.4 is 0 Å². The number of hydrogen-bond donors (Lipinski definition) is 0. The van der Waals surface area contributed by atoms with Gasteiger partial charge < -0.3 is 4.42 Å². The third-order valence-electron chi connectivity index (χ3n) is 2.65. The molecule has 0 fully saturated rings. The van der Waals surface area contributed by atoms with E-state index in [0.29, 0.717) is 10.9 Å². The molecule has 0 aliphatic rings. The van der Waals surface area contributed by atoms with E-state index in [1.54, 1.807) is 12.3 Å². The van der Waals surface area contributed by atoms with Crippen LogP contribution in [0.15, 0.2) is 64.0 Å². The van der Waals surface area contributed by atoms with E-state index in [9.17, 15) is 0 Å². The molecule has 3 aromatic rings. The van der Waals surface area contributed by atoms with Gasteiger partial charge in [0.2, 0.25) is 5.89 Å². The fourth-order valence-corrected chi connectivity index (χ4v) is 1.85. The van der Waals surface area contributed by atoms with Crippen LogP contribution in [0.4, 0.5) is 6.01 Å². The summed E-state index contributed by atoms with van der Waals surface area (Å²) in [5.74, 6) is 0.442. The van der Waals surface area contributed by atoms with Gasteiger partial charge in [0.1, 0.15) is 0 Å². The number of rotatable bonds is 3. The number of aliphatic imine (C=N–C) groups is 1. The van der Waals surface area contributed by atoms with E-state index in [4.69, 9.17) is 16.0 Å². The quantitative estimate of drug-likeness (QED) is 0.679. The van der Waals surface area contributed by atoms with Crippen molar-refractivity contribution in [3.8, 4) is 11.5 Å². The number of halogens is 1. The summed E-state index contributed by atoms with van der Waals surface area (Å²) in [7, 11) is 0. The number of hydrogen-bond acceptors (Lipinski definition) is 4. The van der Waals surface area contributed by atoms with E-state index in [1.165, 1.54) is 0 Å². The SMILES string of the molecule is Clc1ccccc1/C=N/c1nnc(-c2ccccc2)o1. The first kappa shape index (κ1) is 12.6. The minimum Gasteiger partial charge on any atom is -0.402 e. The first-order valence-electron chi connectivity index (χ1n) is 6.00. The Morgan fingerprint density at radius 1 is 0.950 bits per heavy atom. The molecule has 0 atom stereocenters. The lowest BCUT2D eigenvalue weighted by atomic mass is 10.2. The Labute approximate surface area is 120 Å². The molecular formula is C15H10ClN3O. The van der Waals surface area contributed by atoms with E-state index in [-0.39, 0.29) is 6.01 Å². The molecule has 0 spiro atoms. The molecule has 5 heteroatoms. The highest BCUT2D eigenvalue weighted by atomic mass is 35.5. The van der Waals surface area contributed by atoms with Gasteiger partial charge in [0.05, 0.1) is 0 Å². The molecule has 0 aliphatic heterocycles. The summed E-state index contributed by atoms with van der Waals surface area (Å²) < 4.78 is 5.47. The van der Waals surface area contributed by atoms with Crippen LogP contribution in [-0.4, -0.2) is 16.4 Å². The Morgan fingerprint density at radius 2 is 1.70 bits per heavy atom. The Morgan fingerprint density at radius 3 is 2.50 bits per heavy atom. The van der Waals surface area contributed by atoms with Gasteiger partial charge in [0.15, 0.2) is 0 Å². The van der Waals surface area contributed by atoms with Gasteiger partial charge in [-0.2, -0.15) is 0 Å². The average molecular weight is 284 g/mol. The Balaban J connectivity index is 1.83. The zero-order chi connectivity index (χ0) is 13.8. The molecule has 0 N–H and O–H groups in total. The summed E-state index contributed by atoms with van der Waals surface area (Å²) in [6, 6.07) is 17.1. The van der Waals surface area contributed by atoms with E-state index >= 15 is 0 Å². The van der Waals surface area contributed by atoms with Crippen LogP contribution in [0, 0.1) is 0 Å². The number of aromatic nitrogens is 2. The molecule has 0 bridgehead atoms. The second-order valence-corrected chi connectivity index (χ2v) is 4.44. The molecule has 98 valence electrons. The highest BCUT2D eigenvalue weighted by Gasteiger charge is 2.06. The maximum absolute atomic E-state index is 6.03. The molecule has 0 amide bonds. The monoisotopic (exact) mass is 283 g/mol. The van der Waals surface area contributed by atoms with Gasteiger partial charge in [-0.15, -0.1) is 5.10 Å². The van der Waals surface area contributed by atoms with E-state index in [2.05, 4.69) is 15.2 Å². The molecule has 2 aromatic carbocycles. The smallest absolute Gasteiger partial charge is 0.342 e. The Hall–Kier alpha value is -2.46. The second-order valence-electron chi connectivity index (χ2n) is 4.04. The molecule has 0 saturated heterocycles. The van der Waals surface area contributed by atoms with Crippen molar-refractivity contribution in [1.29, 1.82) is 0 Å². The fraction of sp³-hybridized carbons (Fsp3) is 0. The zero-order valence-electron chi connectivity index (χ0n) is 10.4. The van der Waals surface area contributed by atoms with Crippen LogP contribution in [-0.2, 0) is 0 Å². The molecule has 0 unspecified atom stereocenters. The topological polar surface area (TPSA) is 51.3 Å². The Kier molecular flexibility index (Phi) is 3.56. The van der Waals surface area contributed by atoms with Crippen molar-refractivity contribution in [3.63, 3.8) is 0 Å². The lowest BCUT2D eigenvalue weighted by Gasteiger charge is -1.94. The number of benzene rings is 2. The lowest BCUT2D eigenvalue weighted by molar-refractivity contribution is 0.580. The minimum absolute atomic E-state index is 0.198. The van der Waals surface area contributed by atoms with Gasteiger partial charge in [-0.25, -0.2) is 4.99 Å². The maximum atomic E-state index is 6.03. The van der Waals surface area contributed by atoms with E-state index in [1.807, 2.05) is 48.5 Å². The first-order chi connectivity index (χ1) is 9.83. The van der Waals surface area contributed by atoms with Crippen LogP contribution in [0.1, 0.15) is 5.56 Å². The molecule has 0 radical (unpaired) electrons. The normalized spacial score (nSPS) is 11.1. The van der Waals surface area contributed by atoms with Crippen LogP contribution in [0.25, 0.3) is 11.5 Å². The predicted octanol–water partition coefficient (Wildman–Crippen LogP) is 4.14. The summed E-state index contributed by atoms with van der Waals surface area (Å²) in [5.41, 5.74) is 1.66. The van der Waals surface area contributed by atoms with Crippen LogP contribution in [0.3, 0.4) is 0 Å². The van der Waals surface area contributed by atoms with Crippen molar-refractivity contribution in [1.82, 2.24) is 10.2 Å². The van der Waals surface area contributed by atoms with Crippen molar-refractivity contribution in [3.05, 3.63) is 65.2 Å². The first-order valence-corrected chi connectivity index (χ1v) is 6.38. The molecule has 20 heavy (non-hydrogen) atoms. The van der Waals surface area contributed by atoms with Gasteiger partial charge >= 0.3 is 6.01 Å². The van der Waals surface area contributed by atoms with Crippen molar-refractivity contribution in [2.45, 2.75) is 0 Å². The summed E-state index contributed by atoms with van der Waals surface area (Å²) >= 11 is 6.03. The van der Waals surface area contributed by atoms with Crippen LogP contribution >= 0.6 is 11.6 Å². The molecular weight excluding hydrogens is 274 g/mol. The van der Waals surface area contributed by atoms with Crippen molar-refractivity contribution >= 4 is 23.8 Å². The summed E-state index contributed by atoms with van der Waals surface area (Å²) in [6.45, 7) is 0. The standard InChI is InChI=1S/C15H10ClN3O/c16-13-9-5-4-8-12(13)10-17-15-19-18-14(20-15)11-6-2-1-3-7-11/h1-10H/b17-10+. The van der Waals surface area contributed by atoms with Gasteiger partial charge in [0, 0.05) is 22.4 Å². The molecule has 4 nitrogen and oxygen atoms in total. The highest BCUT2D eigenvalue weighted by Crippen LogP contribution is 2.21. The fourth-order valence-electron chi connectivity index (χ4n) is 1.67. The van der Waals surface area contributed by atoms with Gasteiger partial charge in [0.25, 0.3) is 0 Å². The molecule has 1 aromatic heterocycles. The lowest BCUT2D eigenvalue weighted by Crippen LogP contribution is -1.81.